The first-order valence-corrected chi connectivity index (χ1v) is 7.92. The van der Waals surface area contributed by atoms with Crippen molar-refractivity contribution < 1.29 is 4.79 Å². The SMILES string of the molecule is CC(C)(C)CC1CCCN1C(=O)C[C@@H]1CCC[C@H]1N. The molecule has 2 rings (SSSR count). The molecule has 19 heavy (non-hydrogen) atoms. The summed E-state index contributed by atoms with van der Waals surface area (Å²) in [6.07, 6.45) is 7.60. The Morgan fingerprint density at radius 1 is 1.21 bits per heavy atom. The van der Waals surface area contributed by atoms with E-state index in [0.29, 0.717) is 29.7 Å². The first-order valence-electron chi connectivity index (χ1n) is 7.92. The van der Waals surface area contributed by atoms with Crippen molar-refractivity contribution in [3.8, 4) is 0 Å². The maximum Gasteiger partial charge on any atom is 0.223 e. The number of hydrogen-bond acceptors (Lipinski definition) is 2. The van der Waals surface area contributed by atoms with Crippen LogP contribution in [0, 0.1) is 11.3 Å². The summed E-state index contributed by atoms with van der Waals surface area (Å²) in [6.45, 7) is 7.75. The maximum absolute atomic E-state index is 12.5. The van der Waals surface area contributed by atoms with Crippen LogP contribution >= 0.6 is 0 Å². The van der Waals surface area contributed by atoms with Crippen LogP contribution in [0.25, 0.3) is 0 Å². The van der Waals surface area contributed by atoms with E-state index in [-0.39, 0.29) is 6.04 Å². The number of hydrogen-bond donors (Lipinski definition) is 1. The summed E-state index contributed by atoms with van der Waals surface area (Å²) in [4.78, 5) is 14.7. The Morgan fingerprint density at radius 2 is 1.95 bits per heavy atom. The van der Waals surface area contributed by atoms with Crippen LogP contribution in [0.5, 0.6) is 0 Å². The molecule has 0 bridgehead atoms. The summed E-state index contributed by atoms with van der Waals surface area (Å²) in [7, 11) is 0. The Labute approximate surface area is 117 Å². The van der Waals surface area contributed by atoms with Crippen molar-refractivity contribution >= 4 is 5.91 Å². The Kier molecular flexibility index (Phi) is 4.54. The van der Waals surface area contributed by atoms with Gasteiger partial charge in [-0.15, -0.1) is 0 Å². The predicted octanol–water partition coefficient (Wildman–Crippen LogP) is 2.93. The van der Waals surface area contributed by atoms with E-state index in [1.54, 1.807) is 0 Å². The number of carbonyl (C=O) groups is 1. The van der Waals surface area contributed by atoms with Gasteiger partial charge in [0.25, 0.3) is 0 Å². The molecule has 1 aliphatic heterocycles. The quantitative estimate of drug-likeness (QED) is 0.853. The monoisotopic (exact) mass is 266 g/mol. The highest BCUT2D eigenvalue weighted by atomic mass is 16.2. The zero-order valence-corrected chi connectivity index (χ0v) is 12.8. The fourth-order valence-electron chi connectivity index (χ4n) is 3.74. The van der Waals surface area contributed by atoms with E-state index in [4.69, 9.17) is 5.73 Å². The van der Waals surface area contributed by atoms with Gasteiger partial charge in [0.1, 0.15) is 0 Å². The predicted molar refractivity (Wildman–Crippen MR) is 78.7 cm³/mol. The van der Waals surface area contributed by atoms with Crippen molar-refractivity contribution in [3.05, 3.63) is 0 Å². The van der Waals surface area contributed by atoms with Gasteiger partial charge in [-0.05, 0) is 43.4 Å². The molecule has 0 aromatic rings. The molecule has 2 fully saturated rings. The van der Waals surface area contributed by atoms with E-state index in [1.165, 1.54) is 19.3 Å². The van der Waals surface area contributed by atoms with E-state index in [9.17, 15) is 4.79 Å². The lowest BCUT2D eigenvalue weighted by atomic mass is 9.87. The standard InChI is InChI=1S/C16H30N2O/c1-16(2,3)11-13-7-5-9-18(13)15(19)10-12-6-4-8-14(12)17/h12-14H,4-11,17H2,1-3H3/t12-,13?,14+/m0/s1. The number of carbonyl (C=O) groups excluding carboxylic acids is 1. The molecule has 1 saturated carbocycles. The summed E-state index contributed by atoms with van der Waals surface area (Å²) in [5.41, 5.74) is 6.39. The summed E-state index contributed by atoms with van der Waals surface area (Å²) >= 11 is 0. The van der Waals surface area contributed by atoms with Crippen molar-refractivity contribution in [3.63, 3.8) is 0 Å². The highest BCUT2D eigenvalue weighted by Gasteiger charge is 2.34. The van der Waals surface area contributed by atoms with Crippen LogP contribution < -0.4 is 5.73 Å². The van der Waals surface area contributed by atoms with E-state index in [1.807, 2.05) is 0 Å². The number of nitrogens with two attached hydrogens (primary N) is 1. The molecule has 3 atom stereocenters. The molecule has 1 saturated heterocycles. The Morgan fingerprint density at radius 3 is 2.53 bits per heavy atom. The van der Waals surface area contributed by atoms with E-state index in [2.05, 4.69) is 25.7 Å². The Bertz CT molecular complexity index is 321. The molecule has 0 aromatic heterocycles. The molecule has 0 aromatic carbocycles. The second kappa shape index (κ2) is 5.82. The van der Waals surface area contributed by atoms with Gasteiger partial charge < -0.3 is 10.6 Å². The van der Waals surface area contributed by atoms with Gasteiger partial charge in [0.15, 0.2) is 0 Å². The number of nitrogens with zero attached hydrogens (tertiary/aromatic N) is 1. The van der Waals surface area contributed by atoms with Gasteiger partial charge in [-0.3, -0.25) is 4.79 Å². The molecule has 3 nitrogen and oxygen atoms in total. The third kappa shape index (κ3) is 3.95. The molecule has 2 N–H and O–H groups in total. The number of rotatable bonds is 3. The zero-order chi connectivity index (χ0) is 14.0. The van der Waals surface area contributed by atoms with Crippen LogP contribution in [0.15, 0.2) is 0 Å². The highest BCUT2D eigenvalue weighted by molar-refractivity contribution is 5.77. The first kappa shape index (κ1) is 14.8. The number of amides is 1. The molecule has 110 valence electrons. The van der Waals surface area contributed by atoms with E-state index >= 15 is 0 Å². The average Bonchev–Trinajstić information content (AvgIpc) is 2.86. The van der Waals surface area contributed by atoms with Crippen LogP contribution in [-0.4, -0.2) is 29.4 Å². The van der Waals surface area contributed by atoms with Gasteiger partial charge >= 0.3 is 0 Å². The third-order valence-corrected chi connectivity index (χ3v) is 4.70. The zero-order valence-electron chi connectivity index (χ0n) is 12.8. The minimum absolute atomic E-state index is 0.257. The van der Waals surface area contributed by atoms with Crippen molar-refractivity contribution in [2.75, 3.05) is 6.54 Å². The summed E-state index contributed by atoms with van der Waals surface area (Å²) in [5, 5.41) is 0. The van der Waals surface area contributed by atoms with Gasteiger partial charge in [0, 0.05) is 25.0 Å². The second-order valence-electron chi connectivity index (χ2n) is 7.71. The average molecular weight is 266 g/mol. The maximum atomic E-state index is 12.5. The fraction of sp³-hybridized carbons (Fsp3) is 0.938. The fourth-order valence-corrected chi connectivity index (χ4v) is 3.74. The van der Waals surface area contributed by atoms with Crippen molar-refractivity contribution in [2.24, 2.45) is 17.1 Å². The van der Waals surface area contributed by atoms with Crippen LogP contribution in [-0.2, 0) is 4.79 Å². The van der Waals surface area contributed by atoms with Gasteiger partial charge in [-0.25, -0.2) is 0 Å². The molecule has 3 heteroatoms. The van der Waals surface area contributed by atoms with Crippen LogP contribution in [0.4, 0.5) is 0 Å². The molecule has 1 unspecified atom stereocenters. The topological polar surface area (TPSA) is 46.3 Å². The summed E-state index contributed by atoms with van der Waals surface area (Å²) < 4.78 is 0. The second-order valence-corrected chi connectivity index (χ2v) is 7.71. The molecule has 2 aliphatic rings. The van der Waals surface area contributed by atoms with E-state index in [0.717, 1.165) is 25.8 Å². The first-order chi connectivity index (χ1) is 8.87. The minimum Gasteiger partial charge on any atom is -0.340 e. The Balaban J connectivity index is 1.90. The summed E-state index contributed by atoms with van der Waals surface area (Å²) in [6, 6.07) is 0.720. The van der Waals surface area contributed by atoms with E-state index < -0.39 is 0 Å². The molecular weight excluding hydrogens is 236 g/mol. The van der Waals surface area contributed by atoms with Crippen molar-refractivity contribution in [1.82, 2.24) is 4.90 Å². The lowest BCUT2D eigenvalue weighted by Gasteiger charge is -2.31. The molecule has 1 aliphatic carbocycles. The number of likely N-dealkylation sites (tertiary alicyclic amines) is 1. The Hall–Kier alpha value is -0.570. The van der Waals surface area contributed by atoms with Gasteiger partial charge in [0.2, 0.25) is 5.91 Å². The molecule has 0 radical (unpaired) electrons. The van der Waals surface area contributed by atoms with Crippen LogP contribution in [0.1, 0.15) is 65.7 Å². The van der Waals surface area contributed by atoms with Crippen LogP contribution in [0.3, 0.4) is 0 Å². The smallest absolute Gasteiger partial charge is 0.223 e. The van der Waals surface area contributed by atoms with Crippen LogP contribution in [0.2, 0.25) is 0 Å². The molecule has 1 heterocycles. The molecule has 1 amide bonds. The molecular formula is C16H30N2O. The van der Waals surface area contributed by atoms with Crippen molar-refractivity contribution in [1.29, 1.82) is 0 Å². The summed E-state index contributed by atoms with van der Waals surface area (Å²) in [5.74, 6) is 0.789. The lowest BCUT2D eigenvalue weighted by molar-refractivity contribution is -0.133. The van der Waals surface area contributed by atoms with Gasteiger partial charge in [0.05, 0.1) is 0 Å². The normalized spacial score (nSPS) is 32.0. The highest BCUT2D eigenvalue weighted by Crippen LogP contribution is 2.32. The lowest BCUT2D eigenvalue weighted by Crippen LogP contribution is -2.39. The van der Waals surface area contributed by atoms with Gasteiger partial charge in [-0.2, -0.15) is 0 Å². The molecule has 0 spiro atoms. The minimum atomic E-state index is 0.257. The third-order valence-electron chi connectivity index (χ3n) is 4.70. The largest absolute Gasteiger partial charge is 0.340 e. The van der Waals surface area contributed by atoms with Crippen molar-refractivity contribution in [2.45, 2.75) is 77.8 Å². The van der Waals surface area contributed by atoms with Gasteiger partial charge in [-0.1, -0.05) is 27.2 Å².